The number of nitrogens with one attached hydrogen (secondary N) is 1. The Balaban J connectivity index is 1.74. The lowest BCUT2D eigenvalue weighted by molar-refractivity contribution is -0.913. The number of hydrogen-bond donors (Lipinski definition) is 2. The van der Waals surface area contributed by atoms with Gasteiger partial charge >= 0.3 is 0 Å². The number of benzene rings is 2. The number of aromatic hydroxyl groups is 1. The first-order chi connectivity index (χ1) is 13.0. The molecular formula is C21H24NO5+. The molecule has 0 aliphatic carbocycles. The summed E-state index contributed by atoms with van der Waals surface area (Å²) in [6.45, 7) is 3.00. The highest BCUT2D eigenvalue weighted by molar-refractivity contribution is 5.99. The third-order valence-electron chi connectivity index (χ3n) is 5.52. The van der Waals surface area contributed by atoms with Gasteiger partial charge in [-0.3, -0.25) is 4.79 Å². The van der Waals surface area contributed by atoms with Crippen LogP contribution in [0, 0.1) is 6.92 Å². The third-order valence-corrected chi connectivity index (χ3v) is 5.52. The van der Waals surface area contributed by atoms with Gasteiger partial charge in [0.15, 0.2) is 17.3 Å². The van der Waals surface area contributed by atoms with Crippen LogP contribution in [0.4, 0.5) is 0 Å². The third kappa shape index (κ3) is 3.00. The fourth-order valence-corrected chi connectivity index (χ4v) is 4.07. The molecule has 6 heteroatoms. The predicted molar refractivity (Wildman–Crippen MR) is 99.1 cm³/mol. The van der Waals surface area contributed by atoms with Crippen molar-refractivity contribution in [2.45, 2.75) is 25.8 Å². The number of quaternary nitrogens is 1. The highest BCUT2D eigenvalue weighted by Crippen LogP contribution is 2.48. The number of likely N-dealkylation sites (N-methyl/N-ethyl adjacent to an activating group) is 1. The monoisotopic (exact) mass is 370 g/mol. The van der Waals surface area contributed by atoms with Crippen LogP contribution in [0.5, 0.6) is 23.0 Å². The topological polar surface area (TPSA) is 69.4 Å². The van der Waals surface area contributed by atoms with Crippen LogP contribution in [0.3, 0.4) is 0 Å². The first kappa shape index (κ1) is 17.7. The second kappa shape index (κ2) is 6.78. The Kier molecular flexibility index (Phi) is 4.44. The summed E-state index contributed by atoms with van der Waals surface area (Å²) in [7, 11) is 3.70. The van der Waals surface area contributed by atoms with Crippen molar-refractivity contribution in [1.29, 1.82) is 0 Å². The minimum absolute atomic E-state index is 0.0249. The summed E-state index contributed by atoms with van der Waals surface area (Å²) in [4.78, 5) is 14.2. The van der Waals surface area contributed by atoms with E-state index in [0.717, 1.165) is 29.7 Å². The molecule has 2 aromatic rings. The maximum Gasteiger partial charge on any atom is 0.231 e. The van der Waals surface area contributed by atoms with Gasteiger partial charge in [0.1, 0.15) is 11.8 Å². The van der Waals surface area contributed by atoms with Gasteiger partial charge < -0.3 is 24.2 Å². The van der Waals surface area contributed by atoms with Crippen LogP contribution < -0.4 is 19.1 Å². The number of ether oxygens (including phenoxy) is 3. The predicted octanol–water partition coefficient (Wildman–Crippen LogP) is 1.82. The molecule has 2 aliphatic heterocycles. The second-order valence-electron chi connectivity index (χ2n) is 7.26. The highest BCUT2D eigenvalue weighted by Gasteiger charge is 2.37. The van der Waals surface area contributed by atoms with Gasteiger partial charge in [0.05, 0.1) is 38.2 Å². The van der Waals surface area contributed by atoms with Crippen molar-refractivity contribution in [2.75, 3.05) is 27.5 Å². The molecule has 142 valence electrons. The summed E-state index contributed by atoms with van der Waals surface area (Å²) in [5, 5.41) is 10.1. The normalized spacial score (nSPS) is 20.3. The highest BCUT2D eigenvalue weighted by atomic mass is 16.7. The van der Waals surface area contributed by atoms with Crippen molar-refractivity contribution >= 4 is 5.78 Å². The Bertz CT molecular complexity index is 908. The lowest BCUT2D eigenvalue weighted by Gasteiger charge is -2.32. The van der Waals surface area contributed by atoms with E-state index in [2.05, 4.69) is 7.05 Å². The molecule has 4 rings (SSSR count). The number of methoxy groups -OCH3 is 1. The molecular weight excluding hydrogens is 346 g/mol. The van der Waals surface area contributed by atoms with Gasteiger partial charge in [-0.15, -0.1) is 0 Å². The minimum atomic E-state index is -0.0781. The minimum Gasteiger partial charge on any atom is -0.507 e. The number of carbonyl (C=O) groups is 1. The van der Waals surface area contributed by atoms with Gasteiger partial charge in [-0.2, -0.15) is 0 Å². The van der Waals surface area contributed by atoms with Gasteiger partial charge in [0, 0.05) is 6.42 Å². The van der Waals surface area contributed by atoms with E-state index < -0.39 is 0 Å². The van der Waals surface area contributed by atoms with E-state index in [-0.39, 0.29) is 30.8 Å². The molecule has 2 aliphatic rings. The molecule has 0 radical (unpaired) electrons. The number of aryl methyl sites for hydroxylation is 1. The molecule has 2 aromatic carbocycles. The molecule has 0 spiro atoms. The number of ketones is 1. The van der Waals surface area contributed by atoms with E-state index in [1.54, 1.807) is 25.3 Å². The molecule has 0 amide bonds. The van der Waals surface area contributed by atoms with E-state index >= 15 is 0 Å². The van der Waals surface area contributed by atoms with Crippen LogP contribution in [-0.2, 0) is 6.42 Å². The fourth-order valence-electron chi connectivity index (χ4n) is 4.07. The Hall–Kier alpha value is -2.73. The van der Waals surface area contributed by atoms with Crippen molar-refractivity contribution in [3.63, 3.8) is 0 Å². The number of phenolic OH excluding ortho intramolecular Hbond substituents is 1. The van der Waals surface area contributed by atoms with Crippen LogP contribution in [0.25, 0.3) is 0 Å². The maximum atomic E-state index is 13.0. The Morgan fingerprint density at radius 1 is 1.33 bits per heavy atom. The SMILES string of the molecule is COc1c2c(cc3c1[C@@H](CC(=O)c1cc(C)ccc1O)[NH+](C)CC3)OCO2. The first-order valence-corrected chi connectivity index (χ1v) is 9.14. The zero-order valence-electron chi connectivity index (χ0n) is 15.8. The zero-order chi connectivity index (χ0) is 19.1. The number of hydrogen-bond acceptors (Lipinski definition) is 5. The Labute approximate surface area is 158 Å². The zero-order valence-corrected chi connectivity index (χ0v) is 15.8. The Morgan fingerprint density at radius 2 is 2.15 bits per heavy atom. The number of Topliss-reactive ketones (excluding diaryl/α,β-unsaturated/α-hetero) is 1. The molecule has 1 unspecified atom stereocenters. The van der Waals surface area contributed by atoms with Crippen molar-refractivity contribution in [1.82, 2.24) is 0 Å². The largest absolute Gasteiger partial charge is 0.507 e. The van der Waals surface area contributed by atoms with Crippen molar-refractivity contribution in [3.8, 4) is 23.0 Å². The molecule has 0 fully saturated rings. The van der Waals surface area contributed by atoms with Crippen molar-refractivity contribution in [2.24, 2.45) is 0 Å². The van der Waals surface area contributed by atoms with E-state index in [1.165, 1.54) is 4.90 Å². The smallest absolute Gasteiger partial charge is 0.231 e. The average Bonchev–Trinajstić information content (AvgIpc) is 3.12. The summed E-state index contributed by atoms with van der Waals surface area (Å²) >= 11 is 0. The second-order valence-corrected chi connectivity index (χ2v) is 7.26. The number of phenols is 1. The lowest BCUT2D eigenvalue weighted by Crippen LogP contribution is -3.10. The van der Waals surface area contributed by atoms with Crippen LogP contribution in [0.15, 0.2) is 24.3 Å². The molecule has 0 bridgehead atoms. The van der Waals surface area contributed by atoms with Gasteiger partial charge in [-0.05, 0) is 30.7 Å². The van der Waals surface area contributed by atoms with Gasteiger partial charge in [-0.25, -0.2) is 0 Å². The van der Waals surface area contributed by atoms with Gasteiger partial charge in [0.2, 0.25) is 12.5 Å². The van der Waals surface area contributed by atoms with Crippen LogP contribution in [0.2, 0.25) is 0 Å². The number of rotatable bonds is 4. The van der Waals surface area contributed by atoms with E-state index in [4.69, 9.17) is 14.2 Å². The first-order valence-electron chi connectivity index (χ1n) is 9.14. The molecule has 2 N–H and O–H groups in total. The average molecular weight is 370 g/mol. The number of carbonyl (C=O) groups excluding carboxylic acids is 1. The molecule has 27 heavy (non-hydrogen) atoms. The molecule has 2 heterocycles. The standard InChI is InChI=1S/C21H23NO5/c1-12-4-5-16(23)14(8-12)17(24)10-15-19-13(6-7-22(15)2)9-18-20(21(19)25-3)27-11-26-18/h4-5,8-9,15,23H,6-7,10-11H2,1-3H3/p+1/t15-/m1/s1. The number of fused-ring (bicyclic) bond motifs is 2. The Morgan fingerprint density at radius 3 is 2.93 bits per heavy atom. The van der Waals surface area contributed by atoms with Crippen LogP contribution in [0.1, 0.15) is 39.5 Å². The van der Waals surface area contributed by atoms with Crippen molar-refractivity contribution in [3.05, 3.63) is 46.5 Å². The quantitative estimate of drug-likeness (QED) is 0.804. The molecule has 0 saturated heterocycles. The summed E-state index contributed by atoms with van der Waals surface area (Å²) in [6.07, 6.45) is 1.17. The maximum absolute atomic E-state index is 13.0. The summed E-state index contributed by atoms with van der Waals surface area (Å²) in [5.74, 6) is 1.92. The lowest BCUT2D eigenvalue weighted by atomic mass is 9.87. The van der Waals surface area contributed by atoms with Gasteiger partial charge in [-0.1, -0.05) is 11.6 Å². The molecule has 2 atom stereocenters. The molecule has 0 saturated carbocycles. The van der Waals surface area contributed by atoms with Crippen LogP contribution in [-0.4, -0.2) is 38.4 Å². The van der Waals surface area contributed by atoms with Gasteiger partial charge in [0.25, 0.3) is 0 Å². The van der Waals surface area contributed by atoms with E-state index in [9.17, 15) is 9.90 Å². The van der Waals surface area contributed by atoms with E-state index in [0.29, 0.717) is 22.8 Å². The molecule has 0 aromatic heterocycles. The summed E-state index contributed by atoms with van der Waals surface area (Å²) in [5.41, 5.74) is 3.45. The van der Waals surface area contributed by atoms with Crippen molar-refractivity contribution < 1.29 is 29.0 Å². The van der Waals surface area contributed by atoms with Crippen LogP contribution >= 0.6 is 0 Å². The summed E-state index contributed by atoms with van der Waals surface area (Å²) < 4.78 is 16.8. The fraction of sp³-hybridized carbons (Fsp3) is 0.381. The van der Waals surface area contributed by atoms with E-state index in [1.807, 2.05) is 13.0 Å². The molecule has 6 nitrogen and oxygen atoms in total. The summed E-state index contributed by atoms with van der Waals surface area (Å²) in [6, 6.07) is 7.04.